The summed E-state index contributed by atoms with van der Waals surface area (Å²) in [7, 11) is 2.18. The summed E-state index contributed by atoms with van der Waals surface area (Å²) in [5, 5.41) is 0. The van der Waals surface area contributed by atoms with Crippen LogP contribution in [0.2, 0.25) is 0 Å². The second kappa shape index (κ2) is 6.91. The predicted octanol–water partition coefficient (Wildman–Crippen LogP) is 2.71. The molecule has 0 aliphatic heterocycles. The average Bonchev–Trinajstić information content (AvgIpc) is 2.36. The molecule has 0 heterocycles. The maximum Gasteiger partial charge on any atom is 0.00418 e. The minimum atomic E-state index is 0.209. The van der Waals surface area contributed by atoms with E-state index < -0.39 is 0 Å². The lowest BCUT2D eigenvalue weighted by molar-refractivity contribution is 0.218. The summed E-state index contributed by atoms with van der Waals surface area (Å²) in [4.78, 5) is 2.38. The van der Waals surface area contributed by atoms with Crippen LogP contribution in [0.25, 0.3) is 0 Å². The molecule has 0 amide bonds. The van der Waals surface area contributed by atoms with E-state index in [-0.39, 0.29) is 5.41 Å². The summed E-state index contributed by atoms with van der Waals surface area (Å²) in [6.07, 6.45) is 2.23. The summed E-state index contributed by atoms with van der Waals surface area (Å²) in [6, 6.07) is 8.97. The van der Waals surface area contributed by atoms with Gasteiger partial charge in [0.2, 0.25) is 0 Å². The minimum Gasteiger partial charge on any atom is -0.330 e. The molecule has 0 aromatic heterocycles. The van der Waals surface area contributed by atoms with Crippen LogP contribution in [0.1, 0.15) is 31.9 Å². The van der Waals surface area contributed by atoms with Crippen LogP contribution in [-0.4, -0.2) is 31.6 Å². The van der Waals surface area contributed by atoms with Crippen LogP contribution in [0.5, 0.6) is 0 Å². The second-order valence-electron chi connectivity index (χ2n) is 6.03. The third-order valence-electron chi connectivity index (χ3n) is 3.46. The molecule has 0 saturated carbocycles. The van der Waals surface area contributed by atoms with E-state index in [0.29, 0.717) is 0 Å². The van der Waals surface area contributed by atoms with E-state index in [9.17, 15) is 0 Å². The molecule has 1 aromatic carbocycles. The topological polar surface area (TPSA) is 29.3 Å². The maximum absolute atomic E-state index is 5.77. The smallest absolute Gasteiger partial charge is 0.00418 e. The fraction of sp³-hybridized carbons (Fsp3) is 0.625. The number of benzene rings is 1. The number of nitrogens with two attached hydrogens (primary N) is 1. The van der Waals surface area contributed by atoms with Crippen LogP contribution in [-0.2, 0) is 12.8 Å². The highest BCUT2D eigenvalue weighted by atomic mass is 15.1. The summed E-state index contributed by atoms with van der Waals surface area (Å²) in [6.45, 7) is 9.52. The van der Waals surface area contributed by atoms with Gasteiger partial charge in [-0.2, -0.15) is 0 Å². The van der Waals surface area contributed by atoms with Gasteiger partial charge < -0.3 is 10.6 Å². The Morgan fingerprint density at radius 3 is 2.17 bits per heavy atom. The Labute approximate surface area is 112 Å². The van der Waals surface area contributed by atoms with Gasteiger partial charge in [-0.25, -0.2) is 0 Å². The Kier molecular flexibility index (Phi) is 5.83. The van der Waals surface area contributed by atoms with Gasteiger partial charge in [0, 0.05) is 13.1 Å². The van der Waals surface area contributed by atoms with Gasteiger partial charge in [0.25, 0.3) is 0 Å². The van der Waals surface area contributed by atoms with Crippen LogP contribution < -0.4 is 5.73 Å². The predicted molar refractivity (Wildman–Crippen MR) is 79.9 cm³/mol. The van der Waals surface area contributed by atoms with Crippen molar-refractivity contribution in [3.8, 4) is 0 Å². The number of aryl methyl sites for hydroxylation is 1. The third-order valence-corrected chi connectivity index (χ3v) is 3.46. The number of nitrogens with zero attached hydrogens (tertiary/aromatic N) is 1. The Morgan fingerprint density at radius 1 is 1.11 bits per heavy atom. The van der Waals surface area contributed by atoms with Gasteiger partial charge in [0.15, 0.2) is 0 Å². The van der Waals surface area contributed by atoms with Crippen LogP contribution >= 0.6 is 0 Å². The third kappa shape index (κ3) is 5.19. The molecule has 0 fully saturated rings. The molecule has 0 bridgehead atoms. The van der Waals surface area contributed by atoms with E-state index >= 15 is 0 Å². The fourth-order valence-electron chi connectivity index (χ4n) is 2.14. The van der Waals surface area contributed by atoms with Crippen molar-refractivity contribution in [3.05, 3.63) is 35.4 Å². The van der Waals surface area contributed by atoms with Crippen LogP contribution in [0.3, 0.4) is 0 Å². The molecule has 102 valence electrons. The van der Waals surface area contributed by atoms with Crippen molar-refractivity contribution in [3.63, 3.8) is 0 Å². The van der Waals surface area contributed by atoms with E-state index in [2.05, 4.69) is 57.0 Å². The quantitative estimate of drug-likeness (QED) is 0.804. The van der Waals surface area contributed by atoms with Gasteiger partial charge >= 0.3 is 0 Å². The number of rotatable bonds is 7. The zero-order valence-electron chi connectivity index (χ0n) is 12.4. The summed E-state index contributed by atoms with van der Waals surface area (Å²) < 4.78 is 0. The zero-order valence-corrected chi connectivity index (χ0v) is 12.4. The lowest BCUT2D eigenvalue weighted by Crippen LogP contribution is -2.37. The molecule has 2 nitrogen and oxygen atoms in total. The van der Waals surface area contributed by atoms with Crippen LogP contribution in [0.15, 0.2) is 24.3 Å². The van der Waals surface area contributed by atoms with Gasteiger partial charge in [-0.15, -0.1) is 0 Å². The first-order chi connectivity index (χ1) is 8.46. The summed E-state index contributed by atoms with van der Waals surface area (Å²) >= 11 is 0. The Hall–Kier alpha value is -0.860. The van der Waals surface area contributed by atoms with Crippen molar-refractivity contribution in [2.45, 2.75) is 33.6 Å². The normalized spacial score (nSPS) is 12.1. The number of hydrogen-bond acceptors (Lipinski definition) is 2. The Balaban J connectivity index is 2.39. The van der Waals surface area contributed by atoms with Crippen LogP contribution in [0.4, 0.5) is 0 Å². The van der Waals surface area contributed by atoms with E-state index in [1.807, 2.05) is 0 Å². The average molecular weight is 248 g/mol. The van der Waals surface area contributed by atoms with E-state index in [1.54, 1.807) is 0 Å². The molecular formula is C16H28N2. The highest BCUT2D eigenvalue weighted by Crippen LogP contribution is 2.14. The minimum absolute atomic E-state index is 0.209. The van der Waals surface area contributed by atoms with Gasteiger partial charge in [-0.05, 0) is 43.0 Å². The second-order valence-corrected chi connectivity index (χ2v) is 6.03. The first-order valence-corrected chi connectivity index (χ1v) is 6.93. The van der Waals surface area contributed by atoms with Crippen LogP contribution in [0, 0.1) is 5.41 Å². The van der Waals surface area contributed by atoms with Gasteiger partial charge in [0.1, 0.15) is 0 Å². The molecule has 1 aromatic rings. The van der Waals surface area contributed by atoms with Crippen molar-refractivity contribution in [2.24, 2.45) is 11.1 Å². The van der Waals surface area contributed by atoms with Crippen molar-refractivity contribution in [1.82, 2.24) is 4.90 Å². The highest BCUT2D eigenvalue weighted by molar-refractivity contribution is 5.22. The standard InChI is InChI=1S/C16H28N2/c1-5-14-6-8-15(9-7-14)10-11-18(4)13-16(2,3)12-17/h6-9H,5,10-13,17H2,1-4H3. The molecule has 0 aliphatic rings. The largest absolute Gasteiger partial charge is 0.330 e. The number of hydrogen-bond donors (Lipinski definition) is 1. The van der Waals surface area contributed by atoms with Gasteiger partial charge in [0.05, 0.1) is 0 Å². The Morgan fingerprint density at radius 2 is 1.67 bits per heavy atom. The van der Waals surface area contributed by atoms with E-state index in [0.717, 1.165) is 32.5 Å². The van der Waals surface area contributed by atoms with Gasteiger partial charge in [-0.1, -0.05) is 45.0 Å². The lowest BCUT2D eigenvalue weighted by atomic mass is 9.93. The molecule has 0 saturated heterocycles. The molecule has 0 spiro atoms. The molecule has 0 unspecified atom stereocenters. The van der Waals surface area contributed by atoms with E-state index in [1.165, 1.54) is 11.1 Å². The lowest BCUT2D eigenvalue weighted by Gasteiger charge is -2.29. The maximum atomic E-state index is 5.77. The van der Waals surface area contributed by atoms with Crippen molar-refractivity contribution in [2.75, 3.05) is 26.7 Å². The molecule has 1 rings (SSSR count). The van der Waals surface area contributed by atoms with Crippen molar-refractivity contribution >= 4 is 0 Å². The highest BCUT2D eigenvalue weighted by Gasteiger charge is 2.17. The molecule has 0 atom stereocenters. The molecule has 2 heteroatoms. The molecule has 0 aliphatic carbocycles. The fourth-order valence-corrected chi connectivity index (χ4v) is 2.14. The zero-order chi connectivity index (χ0) is 13.6. The number of likely N-dealkylation sites (N-methyl/N-ethyl adjacent to an activating group) is 1. The van der Waals surface area contributed by atoms with Crippen molar-refractivity contribution < 1.29 is 0 Å². The van der Waals surface area contributed by atoms with Crippen molar-refractivity contribution in [1.29, 1.82) is 0 Å². The molecule has 2 N–H and O–H groups in total. The summed E-state index contributed by atoms with van der Waals surface area (Å²) in [5.74, 6) is 0. The first kappa shape index (κ1) is 15.2. The van der Waals surface area contributed by atoms with E-state index in [4.69, 9.17) is 5.73 Å². The monoisotopic (exact) mass is 248 g/mol. The Bertz CT molecular complexity index is 341. The molecule has 0 radical (unpaired) electrons. The SMILES string of the molecule is CCc1ccc(CCN(C)CC(C)(C)CN)cc1. The summed E-state index contributed by atoms with van der Waals surface area (Å²) in [5.41, 5.74) is 8.81. The first-order valence-electron chi connectivity index (χ1n) is 6.93. The molecule has 18 heavy (non-hydrogen) atoms. The molecular weight excluding hydrogens is 220 g/mol. The van der Waals surface area contributed by atoms with Gasteiger partial charge in [-0.3, -0.25) is 0 Å².